The minimum absolute atomic E-state index is 0.363. The van der Waals surface area contributed by atoms with Gasteiger partial charge in [0.15, 0.2) is 0 Å². The van der Waals surface area contributed by atoms with Crippen molar-refractivity contribution in [2.45, 2.75) is 64.5 Å². The van der Waals surface area contributed by atoms with Crippen LogP contribution < -0.4 is 5.73 Å². The Balaban J connectivity index is 1.61. The fourth-order valence-electron chi connectivity index (χ4n) is 4.56. The molecule has 2 nitrogen and oxygen atoms in total. The van der Waals surface area contributed by atoms with Gasteiger partial charge in [0.2, 0.25) is 0 Å². The highest BCUT2D eigenvalue weighted by Gasteiger charge is 2.42. The van der Waals surface area contributed by atoms with Gasteiger partial charge in [0, 0.05) is 25.2 Å². The molecule has 2 bridgehead atoms. The van der Waals surface area contributed by atoms with Crippen LogP contribution in [-0.2, 0) is 0 Å². The second-order valence-electron chi connectivity index (χ2n) is 7.45. The predicted molar refractivity (Wildman–Crippen MR) is 71.8 cm³/mol. The van der Waals surface area contributed by atoms with Gasteiger partial charge >= 0.3 is 0 Å². The highest BCUT2D eigenvalue weighted by Crippen LogP contribution is 2.41. The van der Waals surface area contributed by atoms with Crippen LogP contribution in [0, 0.1) is 17.3 Å². The van der Waals surface area contributed by atoms with Gasteiger partial charge in [-0.3, -0.25) is 4.90 Å². The quantitative estimate of drug-likeness (QED) is 0.798. The van der Waals surface area contributed by atoms with Crippen LogP contribution in [0.5, 0.6) is 0 Å². The first-order valence-electron chi connectivity index (χ1n) is 7.56. The Morgan fingerprint density at radius 3 is 2.71 bits per heavy atom. The van der Waals surface area contributed by atoms with Crippen LogP contribution in [0.15, 0.2) is 0 Å². The first-order chi connectivity index (χ1) is 8.06. The molecule has 4 atom stereocenters. The molecule has 2 saturated carbocycles. The molecule has 4 unspecified atom stereocenters. The van der Waals surface area contributed by atoms with E-state index in [2.05, 4.69) is 18.7 Å². The first-order valence-corrected chi connectivity index (χ1v) is 7.56. The molecule has 3 fully saturated rings. The van der Waals surface area contributed by atoms with E-state index >= 15 is 0 Å². The molecule has 98 valence electrons. The summed E-state index contributed by atoms with van der Waals surface area (Å²) in [4.78, 5) is 2.76. The maximum Gasteiger partial charge on any atom is 0.0131 e. The van der Waals surface area contributed by atoms with Crippen LogP contribution >= 0.6 is 0 Å². The number of nitrogens with zero attached hydrogens (tertiary/aromatic N) is 1. The third-order valence-corrected chi connectivity index (χ3v) is 5.80. The number of nitrogens with two attached hydrogens (primary N) is 1. The van der Waals surface area contributed by atoms with Crippen molar-refractivity contribution in [3.8, 4) is 0 Å². The van der Waals surface area contributed by atoms with Gasteiger partial charge in [-0.2, -0.15) is 0 Å². The molecule has 1 aliphatic heterocycles. The molecule has 2 heteroatoms. The monoisotopic (exact) mass is 236 g/mol. The third kappa shape index (κ3) is 2.15. The first kappa shape index (κ1) is 12.0. The minimum atomic E-state index is 0.363. The average molecular weight is 236 g/mol. The lowest BCUT2D eigenvalue weighted by atomic mass is 9.68. The van der Waals surface area contributed by atoms with Gasteiger partial charge in [0.1, 0.15) is 0 Å². The van der Waals surface area contributed by atoms with Gasteiger partial charge in [-0.1, -0.05) is 20.3 Å². The summed E-state index contributed by atoms with van der Waals surface area (Å²) < 4.78 is 0. The third-order valence-electron chi connectivity index (χ3n) is 5.80. The molecule has 0 radical (unpaired) electrons. The normalized spacial score (nSPS) is 45.4. The molecule has 0 aromatic carbocycles. The Labute approximate surface area is 106 Å². The number of likely N-dealkylation sites (tertiary alicyclic amines) is 1. The van der Waals surface area contributed by atoms with Gasteiger partial charge in [-0.25, -0.2) is 0 Å². The maximum absolute atomic E-state index is 6.51. The molecule has 3 aliphatic rings. The maximum atomic E-state index is 6.51. The molecule has 2 N–H and O–H groups in total. The summed E-state index contributed by atoms with van der Waals surface area (Å²) in [5, 5.41) is 0. The summed E-state index contributed by atoms with van der Waals surface area (Å²) >= 11 is 0. The van der Waals surface area contributed by atoms with E-state index in [1.165, 1.54) is 51.6 Å². The van der Waals surface area contributed by atoms with Crippen molar-refractivity contribution in [1.82, 2.24) is 4.90 Å². The van der Waals surface area contributed by atoms with E-state index in [4.69, 9.17) is 5.73 Å². The number of fused-ring (bicyclic) bond motifs is 2. The standard InChI is InChI=1S/C15H28N2/c1-15(2)7-3-4-12(14(15)16)10-17-9-11-5-6-13(17)8-11/h11-14H,3-10,16H2,1-2H3. The van der Waals surface area contributed by atoms with Crippen molar-refractivity contribution in [1.29, 1.82) is 0 Å². The zero-order chi connectivity index (χ0) is 12.0. The Hall–Kier alpha value is -0.0800. The predicted octanol–water partition coefficient (Wildman–Crippen LogP) is 2.62. The minimum Gasteiger partial charge on any atom is -0.327 e. The molecule has 0 amide bonds. The highest BCUT2D eigenvalue weighted by atomic mass is 15.2. The molecule has 3 rings (SSSR count). The van der Waals surface area contributed by atoms with E-state index in [1.807, 2.05) is 0 Å². The number of piperidine rings is 1. The fraction of sp³-hybridized carbons (Fsp3) is 1.00. The van der Waals surface area contributed by atoms with Crippen LogP contribution in [0.2, 0.25) is 0 Å². The van der Waals surface area contributed by atoms with Crippen molar-refractivity contribution in [2.75, 3.05) is 13.1 Å². The largest absolute Gasteiger partial charge is 0.327 e. The van der Waals surface area contributed by atoms with Crippen LogP contribution in [0.1, 0.15) is 52.4 Å². The van der Waals surface area contributed by atoms with Gasteiger partial charge < -0.3 is 5.73 Å². The van der Waals surface area contributed by atoms with E-state index in [1.54, 1.807) is 0 Å². The van der Waals surface area contributed by atoms with Crippen molar-refractivity contribution < 1.29 is 0 Å². The average Bonchev–Trinajstić information content (AvgIpc) is 2.86. The van der Waals surface area contributed by atoms with E-state index in [-0.39, 0.29) is 0 Å². The summed E-state index contributed by atoms with van der Waals surface area (Å²) in [5.41, 5.74) is 6.87. The molecular formula is C15H28N2. The van der Waals surface area contributed by atoms with Gasteiger partial charge in [0.05, 0.1) is 0 Å². The number of hydrogen-bond donors (Lipinski definition) is 1. The van der Waals surface area contributed by atoms with Gasteiger partial charge in [-0.05, 0) is 49.4 Å². The zero-order valence-electron chi connectivity index (χ0n) is 11.5. The molecular weight excluding hydrogens is 208 g/mol. The Morgan fingerprint density at radius 2 is 2.06 bits per heavy atom. The number of hydrogen-bond acceptors (Lipinski definition) is 2. The van der Waals surface area contributed by atoms with Gasteiger partial charge in [-0.15, -0.1) is 0 Å². The van der Waals surface area contributed by atoms with Crippen molar-refractivity contribution in [3.63, 3.8) is 0 Å². The summed E-state index contributed by atoms with van der Waals surface area (Å²) in [6, 6.07) is 1.33. The SMILES string of the molecule is CC1(C)CCCC(CN2CC3CCC2C3)C1N. The lowest BCUT2D eigenvalue weighted by Crippen LogP contribution is -2.51. The van der Waals surface area contributed by atoms with Crippen LogP contribution in [0.3, 0.4) is 0 Å². The number of rotatable bonds is 2. The lowest BCUT2D eigenvalue weighted by Gasteiger charge is -2.44. The van der Waals surface area contributed by atoms with E-state index in [0.29, 0.717) is 11.5 Å². The fourth-order valence-corrected chi connectivity index (χ4v) is 4.56. The summed E-state index contributed by atoms with van der Waals surface area (Å²) in [5.74, 6) is 1.77. The molecule has 0 aromatic rings. The van der Waals surface area contributed by atoms with E-state index in [0.717, 1.165) is 17.9 Å². The van der Waals surface area contributed by atoms with Crippen molar-refractivity contribution in [3.05, 3.63) is 0 Å². The molecule has 1 heterocycles. The Bertz CT molecular complexity index is 287. The lowest BCUT2D eigenvalue weighted by molar-refractivity contribution is 0.0894. The smallest absolute Gasteiger partial charge is 0.0131 e. The molecule has 17 heavy (non-hydrogen) atoms. The van der Waals surface area contributed by atoms with Crippen LogP contribution in [0.25, 0.3) is 0 Å². The van der Waals surface area contributed by atoms with Crippen LogP contribution in [-0.4, -0.2) is 30.1 Å². The van der Waals surface area contributed by atoms with Crippen molar-refractivity contribution >= 4 is 0 Å². The highest BCUT2D eigenvalue weighted by molar-refractivity contribution is 4.97. The van der Waals surface area contributed by atoms with Crippen molar-refractivity contribution in [2.24, 2.45) is 23.0 Å². The topological polar surface area (TPSA) is 29.3 Å². The Kier molecular flexibility index (Phi) is 2.99. The summed E-state index contributed by atoms with van der Waals surface area (Å²) in [6.07, 6.45) is 8.48. The molecule has 0 spiro atoms. The Morgan fingerprint density at radius 1 is 1.24 bits per heavy atom. The van der Waals surface area contributed by atoms with Crippen LogP contribution in [0.4, 0.5) is 0 Å². The molecule has 2 aliphatic carbocycles. The molecule has 1 saturated heterocycles. The summed E-state index contributed by atoms with van der Waals surface area (Å²) in [7, 11) is 0. The molecule has 0 aromatic heterocycles. The van der Waals surface area contributed by atoms with Gasteiger partial charge in [0.25, 0.3) is 0 Å². The second-order valence-corrected chi connectivity index (χ2v) is 7.45. The van der Waals surface area contributed by atoms with E-state index < -0.39 is 0 Å². The van der Waals surface area contributed by atoms with E-state index in [9.17, 15) is 0 Å². The zero-order valence-corrected chi connectivity index (χ0v) is 11.5. The summed E-state index contributed by atoms with van der Waals surface area (Å²) in [6.45, 7) is 7.37. The second kappa shape index (κ2) is 4.24.